The molecule has 1 saturated carbocycles. The fourth-order valence-corrected chi connectivity index (χ4v) is 4.51. The van der Waals surface area contributed by atoms with E-state index in [9.17, 15) is 0 Å². The normalized spacial score (nSPS) is 24.7. The zero-order valence-corrected chi connectivity index (χ0v) is 12.5. The quantitative estimate of drug-likeness (QED) is 0.875. The molecule has 1 saturated heterocycles. The molecule has 4 rings (SSSR count). The van der Waals surface area contributed by atoms with Crippen molar-refractivity contribution in [2.24, 2.45) is 0 Å². The summed E-state index contributed by atoms with van der Waals surface area (Å²) in [7, 11) is 0. The average Bonchev–Trinajstić information content (AvgIpc) is 3.19. The number of rotatable bonds is 3. The second kappa shape index (κ2) is 5.05. The van der Waals surface area contributed by atoms with Gasteiger partial charge >= 0.3 is 0 Å². The van der Waals surface area contributed by atoms with E-state index in [1.807, 2.05) is 0 Å². The molecular formula is C17H21NOS. The summed E-state index contributed by atoms with van der Waals surface area (Å²) in [4.78, 5) is 0. The molecule has 2 heterocycles. The van der Waals surface area contributed by atoms with Crippen LogP contribution in [0.2, 0.25) is 0 Å². The lowest BCUT2D eigenvalue weighted by molar-refractivity contribution is -0.0307. The van der Waals surface area contributed by atoms with E-state index in [2.05, 4.69) is 35.0 Å². The Labute approximate surface area is 124 Å². The maximum atomic E-state index is 6.34. The number of anilines is 1. The molecule has 2 aromatic rings. The molecule has 1 aromatic heterocycles. The Morgan fingerprint density at radius 1 is 1.20 bits per heavy atom. The first-order valence-corrected chi connectivity index (χ1v) is 8.60. The predicted octanol–water partition coefficient (Wildman–Crippen LogP) is 4.81. The molecule has 1 N–H and O–H groups in total. The molecule has 1 aliphatic heterocycles. The van der Waals surface area contributed by atoms with E-state index in [1.54, 1.807) is 11.3 Å². The minimum atomic E-state index is 0.254. The summed E-state index contributed by atoms with van der Waals surface area (Å²) in [5.74, 6) is 0. The zero-order chi connectivity index (χ0) is 13.4. The molecule has 1 aromatic carbocycles. The van der Waals surface area contributed by atoms with Crippen molar-refractivity contribution in [3.63, 3.8) is 0 Å². The van der Waals surface area contributed by atoms with Gasteiger partial charge in [-0.3, -0.25) is 0 Å². The van der Waals surface area contributed by atoms with Crippen molar-refractivity contribution in [3.8, 4) is 0 Å². The number of benzene rings is 1. The minimum Gasteiger partial charge on any atom is -0.382 e. The van der Waals surface area contributed by atoms with Gasteiger partial charge in [0.1, 0.15) is 0 Å². The first-order valence-electron chi connectivity index (χ1n) is 7.72. The van der Waals surface area contributed by atoms with Gasteiger partial charge < -0.3 is 10.1 Å². The van der Waals surface area contributed by atoms with Crippen molar-refractivity contribution in [2.45, 2.75) is 50.2 Å². The highest BCUT2D eigenvalue weighted by Crippen LogP contribution is 2.43. The van der Waals surface area contributed by atoms with Gasteiger partial charge in [-0.05, 0) is 60.7 Å². The maximum Gasteiger partial charge on any atom is 0.0756 e. The highest BCUT2D eigenvalue weighted by atomic mass is 32.1. The van der Waals surface area contributed by atoms with E-state index in [0.29, 0.717) is 6.10 Å². The van der Waals surface area contributed by atoms with Crippen molar-refractivity contribution in [1.82, 2.24) is 0 Å². The SMILES string of the molecule is c1cc2cc(NCC3CCC4(CCCC4)O3)ccc2s1. The molecule has 1 unspecified atom stereocenters. The van der Waals surface area contributed by atoms with Gasteiger partial charge in [-0.25, -0.2) is 0 Å². The van der Waals surface area contributed by atoms with E-state index in [0.717, 1.165) is 6.54 Å². The van der Waals surface area contributed by atoms with E-state index in [4.69, 9.17) is 4.74 Å². The monoisotopic (exact) mass is 287 g/mol. The third-order valence-corrected chi connectivity index (χ3v) is 5.74. The molecule has 0 bridgehead atoms. The summed E-state index contributed by atoms with van der Waals surface area (Å²) in [6.07, 6.45) is 8.15. The average molecular weight is 287 g/mol. The van der Waals surface area contributed by atoms with Crippen LogP contribution in [0.1, 0.15) is 38.5 Å². The van der Waals surface area contributed by atoms with Crippen LogP contribution in [-0.4, -0.2) is 18.2 Å². The van der Waals surface area contributed by atoms with Crippen LogP contribution in [0.4, 0.5) is 5.69 Å². The van der Waals surface area contributed by atoms with Gasteiger partial charge in [0.15, 0.2) is 0 Å². The van der Waals surface area contributed by atoms with Crippen LogP contribution < -0.4 is 5.32 Å². The van der Waals surface area contributed by atoms with Gasteiger partial charge in [0.05, 0.1) is 11.7 Å². The van der Waals surface area contributed by atoms with Crippen molar-refractivity contribution < 1.29 is 4.74 Å². The van der Waals surface area contributed by atoms with E-state index < -0.39 is 0 Å². The second-order valence-corrected chi connectivity index (χ2v) is 7.17. The molecule has 1 spiro atoms. The Kier molecular flexibility index (Phi) is 3.20. The van der Waals surface area contributed by atoms with Crippen molar-refractivity contribution in [1.29, 1.82) is 0 Å². The van der Waals surface area contributed by atoms with Gasteiger partial charge in [0.25, 0.3) is 0 Å². The zero-order valence-electron chi connectivity index (χ0n) is 11.7. The van der Waals surface area contributed by atoms with Crippen molar-refractivity contribution >= 4 is 27.1 Å². The summed E-state index contributed by atoms with van der Waals surface area (Å²) in [5, 5.41) is 7.04. The summed E-state index contributed by atoms with van der Waals surface area (Å²) in [6.45, 7) is 0.942. The summed E-state index contributed by atoms with van der Waals surface area (Å²) in [5.41, 5.74) is 1.47. The fourth-order valence-electron chi connectivity index (χ4n) is 3.73. The van der Waals surface area contributed by atoms with Crippen LogP contribution >= 0.6 is 11.3 Å². The van der Waals surface area contributed by atoms with Crippen LogP contribution in [0.3, 0.4) is 0 Å². The van der Waals surface area contributed by atoms with Gasteiger partial charge in [0.2, 0.25) is 0 Å². The lowest BCUT2D eigenvalue weighted by Crippen LogP contribution is -2.27. The van der Waals surface area contributed by atoms with Crippen molar-refractivity contribution in [3.05, 3.63) is 29.6 Å². The Morgan fingerprint density at radius 2 is 2.10 bits per heavy atom. The molecule has 1 aliphatic carbocycles. The standard InChI is InChI=1S/C17H21NOS/c1-2-8-17(7-1)9-5-15(19-17)12-18-14-3-4-16-13(11-14)6-10-20-16/h3-4,6,10-11,15,18H,1-2,5,7-9,12H2. The lowest BCUT2D eigenvalue weighted by Gasteiger charge is -2.24. The Balaban J connectivity index is 1.38. The molecule has 1 atom stereocenters. The molecule has 0 radical (unpaired) electrons. The smallest absolute Gasteiger partial charge is 0.0756 e. The predicted molar refractivity (Wildman–Crippen MR) is 85.6 cm³/mol. The maximum absolute atomic E-state index is 6.34. The number of hydrogen-bond acceptors (Lipinski definition) is 3. The van der Waals surface area contributed by atoms with Crippen LogP contribution in [0.5, 0.6) is 0 Å². The van der Waals surface area contributed by atoms with Gasteiger partial charge in [-0.15, -0.1) is 11.3 Å². The number of fused-ring (bicyclic) bond motifs is 1. The van der Waals surface area contributed by atoms with Crippen LogP contribution in [0, 0.1) is 0 Å². The first-order chi connectivity index (χ1) is 9.83. The topological polar surface area (TPSA) is 21.3 Å². The highest BCUT2D eigenvalue weighted by Gasteiger charge is 2.41. The number of thiophene rings is 1. The minimum absolute atomic E-state index is 0.254. The third kappa shape index (κ3) is 2.33. The van der Waals surface area contributed by atoms with Crippen LogP contribution in [0.25, 0.3) is 10.1 Å². The van der Waals surface area contributed by atoms with Gasteiger partial charge in [-0.2, -0.15) is 0 Å². The Morgan fingerprint density at radius 3 is 3.00 bits per heavy atom. The Bertz CT molecular complexity index is 600. The third-order valence-electron chi connectivity index (χ3n) is 4.84. The van der Waals surface area contributed by atoms with E-state index in [1.165, 1.54) is 54.3 Å². The van der Waals surface area contributed by atoms with E-state index in [-0.39, 0.29) is 5.60 Å². The highest BCUT2D eigenvalue weighted by molar-refractivity contribution is 7.17. The molecule has 3 heteroatoms. The lowest BCUT2D eigenvalue weighted by atomic mass is 9.98. The number of ether oxygens (including phenoxy) is 1. The number of nitrogens with one attached hydrogen (secondary N) is 1. The summed E-state index contributed by atoms with van der Waals surface area (Å²) >= 11 is 1.80. The second-order valence-electron chi connectivity index (χ2n) is 6.22. The molecule has 106 valence electrons. The molecule has 2 aliphatic rings. The molecule has 2 fully saturated rings. The van der Waals surface area contributed by atoms with Crippen LogP contribution in [0.15, 0.2) is 29.6 Å². The van der Waals surface area contributed by atoms with Crippen LogP contribution in [-0.2, 0) is 4.74 Å². The molecule has 2 nitrogen and oxygen atoms in total. The molecule has 20 heavy (non-hydrogen) atoms. The van der Waals surface area contributed by atoms with E-state index >= 15 is 0 Å². The molecular weight excluding hydrogens is 266 g/mol. The Hall–Kier alpha value is -1.06. The summed E-state index contributed by atoms with van der Waals surface area (Å²) in [6, 6.07) is 8.81. The van der Waals surface area contributed by atoms with Gasteiger partial charge in [0, 0.05) is 16.9 Å². The largest absolute Gasteiger partial charge is 0.382 e. The van der Waals surface area contributed by atoms with Crippen molar-refractivity contribution in [2.75, 3.05) is 11.9 Å². The first kappa shape index (κ1) is 12.7. The van der Waals surface area contributed by atoms with Gasteiger partial charge in [-0.1, -0.05) is 12.8 Å². The molecule has 0 amide bonds. The number of hydrogen-bond donors (Lipinski definition) is 1. The summed E-state index contributed by atoms with van der Waals surface area (Å²) < 4.78 is 7.70. The fraction of sp³-hybridized carbons (Fsp3) is 0.529.